The maximum Gasteiger partial charge on any atom is 0.387 e. The van der Waals surface area contributed by atoms with Gasteiger partial charge in [0.05, 0.1) is 12.7 Å². The molecule has 4 nitrogen and oxygen atoms in total. The van der Waals surface area contributed by atoms with Gasteiger partial charge in [0.25, 0.3) is 0 Å². The van der Waals surface area contributed by atoms with E-state index in [-0.39, 0.29) is 30.4 Å². The van der Waals surface area contributed by atoms with Gasteiger partial charge in [0.15, 0.2) is 11.5 Å². The van der Waals surface area contributed by atoms with Crippen molar-refractivity contribution in [2.75, 3.05) is 13.2 Å². The van der Waals surface area contributed by atoms with E-state index in [9.17, 15) is 8.78 Å². The summed E-state index contributed by atoms with van der Waals surface area (Å²) in [5.41, 5.74) is 0.996. The average molecular weight is 301 g/mol. The number of rotatable bonds is 6. The molecule has 1 heterocycles. The Hall–Kier alpha value is -1.40. The number of hydrogen-bond acceptors (Lipinski definition) is 4. The first-order valence-electron chi connectivity index (χ1n) is 7.09. The number of benzene rings is 1. The van der Waals surface area contributed by atoms with E-state index in [2.05, 4.69) is 10.1 Å². The third-order valence-corrected chi connectivity index (χ3v) is 3.46. The lowest BCUT2D eigenvalue weighted by molar-refractivity contribution is -0.0519. The van der Waals surface area contributed by atoms with Crippen molar-refractivity contribution < 1.29 is 23.4 Å². The van der Waals surface area contributed by atoms with Crippen LogP contribution < -0.4 is 14.8 Å². The SMILES string of the molecule is CC(C)Oc1cc([C@H]2CN[C@@H](CO)C2)ccc1OC(F)F. The van der Waals surface area contributed by atoms with E-state index in [0.717, 1.165) is 18.5 Å². The molecule has 1 aliphatic rings. The minimum atomic E-state index is -2.88. The Kier molecular flexibility index (Phi) is 5.36. The molecule has 1 saturated heterocycles. The zero-order valence-corrected chi connectivity index (χ0v) is 12.2. The molecule has 1 aromatic rings. The molecule has 2 atom stereocenters. The summed E-state index contributed by atoms with van der Waals surface area (Å²) in [6, 6.07) is 5.13. The van der Waals surface area contributed by atoms with Crippen LogP contribution in [0.25, 0.3) is 0 Å². The molecule has 0 aromatic heterocycles. The fourth-order valence-electron chi connectivity index (χ4n) is 2.53. The highest BCUT2D eigenvalue weighted by Crippen LogP contribution is 2.35. The summed E-state index contributed by atoms with van der Waals surface area (Å²) in [6.45, 7) is 1.63. The van der Waals surface area contributed by atoms with Gasteiger partial charge in [0.1, 0.15) is 0 Å². The molecule has 21 heavy (non-hydrogen) atoms. The number of ether oxygens (including phenoxy) is 2. The number of hydrogen-bond donors (Lipinski definition) is 2. The molecule has 0 saturated carbocycles. The Balaban J connectivity index is 2.20. The van der Waals surface area contributed by atoms with Gasteiger partial charge in [-0.05, 0) is 43.9 Å². The Morgan fingerprint density at radius 1 is 1.29 bits per heavy atom. The number of alkyl halides is 2. The Morgan fingerprint density at radius 3 is 2.62 bits per heavy atom. The average Bonchev–Trinajstić information content (AvgIpc) is 2.88. The molecule has 0 bridgehead atoms. The Bertz CT molecular complexity index is 468. The van der Waals surface area contributed by atoms with Crippen molar-refractivity contribution in [1.29, 1.82) is 0 Å². The monoisotopic (exact) mass is 301 g/mol. The Labute approximate surface area is 123 Å². The maximum absolute atomic E-state index is 12.4. The van der Waals surface area contributed by atoms with E-state index in [1.54, 1.807) is 12.1 Å². The van der Waals surface area contributed by atoms with Gasteiger partial charge in [-0.15, -0.1) is 0 Å². The fraction of sp³-hybridized carbons (Fsp3) is 0.600. The first kappa shape index (κ1) is 16.0. The molecule has 0 aliphatic carbocycles. The van der Waals surface area contributed by atoms with Crippen LogP contribution in [-0.4, -0.2) is 37.0 Å². The molecule has 2 N–H and O–H groups in total. The molecule has 0 amide bonds. The highest BCUT2D eigenvalue weighted by atomic mass is 19.3. The largest absolute Gasteiger partial charge is 0.487 e. The summed E-state index contributed by atoms with van der Waals surface area (Å²) in [5.74, 6) is 0.611. The highest BCUT2D eigenvalue weighted by Gasteiger charge is 2.26. The van der Waals surface area contributed by atoms with Gasteiger partial charge in [-0.2, -0.15) is 8.78 Å². The van der Waals surface area contributed by atoms with Gasteiger partial charge in [-0.1, -0.05) is 6.07 Å². The van der Waals surface area contributed by atoms with E-state index in [4.69, 9.17) is 9.84 Å². The van der Waals surface area contributed by atoms with Crippen LogP contribution in [0, 0.1) is 0 Å². The number of halogens is 2. The molecule has 6 heteroatoms. The number of aliphatic hydroxyl groups excluding tert-OH is 1. The molecule has 0 unspecified atom stereocenters. The van der Waals surface area contributed by atoms with E-state index in [0.29, 0.717) is 5.75 Å². The van der Waals surface area contributed by atoms with Gasteiger partial charge in [-0.25, -0.2) is 0 Å². The van der Waals surface area contributed by atoms with Crippen LogP contribution in [0.2, 0.25) is 0 Å². The lowest BCUT2D eigenvalue weighted by Crippen LogP contribution is -2.24. The van der Waals surface area contributed by atoms with Crippen LogP contribution in [0.5, 0.6) is 11.5 Å². The van der Waals surface area contributed by atoms with Crippen LogP contribution in [-0.2, 0) is 0 Å². The second kappa shape index (κ2) is 7.04. The second-order valence-electron chi connectivity index (χ2n) is 5.47. The summed E-state index contributed by atoms with van der Waals surface area (Å²) in [7, 11) is 0. The van der Waals surface area contributed by atoms with Crippen LogP contribution in [0.15, 0.2) is 18.2 Å². The molecule has 1 aromatic carbocycles. The third-order valence-electron chi connectivity index (χ3n) is 3.46. The quantitative estimate of drug-likeness (QED) is 0.848. The lowest BCUT2D eigenvalue weighted by atomic mass is 9.96. The van der Waals surface area contributed by atoms with Gasteiger partial charge < -0.3 is 19.9 Å². The molecule has 1 fully saturated rings. The normalized spacial score (nSPS) is 22.0. The third kappa shape index (κ3) is 4.28. The van der Waals surface area contributed by atoms with Crippen molar-refractivity contribution in [3.8, 4) is 11.5 Å². The minimum Gasteiger partial charge on any atom is -0.487 e. The predicted molar refractivity (Wildman–Crippen MR) is 75.1 cm³/mol. The summed E-state index contributed by atoms with van der Waals surface area (Å²) in [4.78, 5) is 0. The van der Waals surface area contributed by atoms with E-state index in [1.165, 1.54) is 6.07 Å². The molecular formula is C15H21F2NO3. The topological polar surface area (TPSA) is 50.7 Å². The van der Waals surface area contributed by atoms with Crippen LogP contribution >= 0.6 is 0 Å². The maximum atomic E-state index is 12.4. The van der Waals surface area contributed by atoms with Crippen molar-refractivity contribution in [1.82, 2.24) is 5.32 Å². The zero-order valence-electron chi connectivity index (χ0n) is 12.2. The number of aliphatic hydroxyl groups is 1. The highest BCUT2D eigenvalue weighted by molar-refractivity contribution is 5.44. The van der Waals surface area contributed by atoms with Crippen molar-refractivity contribution in [3.05, 3.63) is 23.8 Å². The van der Waals surface area contributed by atoms with Crippen LogP contribution in [0.3, 0.4) is 0 Å². The van der Waals surface area contributed by atoms with E-state index < -0.39 is 6.61 Å². The first-order valence-corrected chi connectivity index (χ1v) is 7.09. The molecule has 118 valence electrons. The molecule has 0 spiro atoms. The summed E-state index contributed by atoms with van der Waals surface area (Å²) >= 11 is 0. The second-order valence-corrected chi connectivity index (χ2v) is 5.47. The van der Waals surface area contributed by atoms with Gasteiger partial charge in [0, 0.05) is 12.6 Å². The minimum absolute atomic E-state index is 0.0483. The van der Waals surface area contributed by atoms with Gasteiger partial charge >= 0.3 is 6.61 Å². The summed E-state index contributed by atoms with van der Waals surface area (Å²) < 4.78 is 34.9. The standard InChI is InChI=1S/C15H21F2NO3/c1-9(2)20-14-6-10(3-4-13(14)21-15(16)17)11-5-12(8-19)18-7-11/h3-4,6,9,11-12,15,18-19H,5,7-8H2,1-2H3/t11-,12-/m1/s1. The van der Waals surface area contributed by atoms with E-state index in [1.807, 2.05) is 13.8 Å². The zero-order chi connectivity index (χ0) is 15.4. The van der Waals surface area contributed by atoms with Crippen molar-refractivity contribution in [3.63, 3.8) is 0 Å². The van der Waals surface area contributed by atoms with Gasteiger partial charge in [-0.3, -0.25) is 0 Å². The summed E-state index contributed by atoms with van der Waals surface area (Å²) in [6.07, 6.45) is 0.680. The molecule has 1 aliphatic heterocycles. The van der Waals surface area contributed by atoms with Crippen molar-refractivity contribution in [2.24, 2.45) is 0 Å². The smallest absolute Gasteiger partial charge is 0.387 e. The fourth-order valence-corrected chi connectivity index (χ4v) is 2.53. The first-order chi connectivity index (χ1) is 9.99. The van der Waals surface area contributed by atoms with E-state index >= 15 is 0 Å². The van der Waals surface area contributed by atoms with Crippen LogP contribution in [0.1, 0.15) is 31.7 Å². The van der Waals surface area contributed by atoms with Crippen molar-refractivity contribution in [2.45, 2.75) is 44.9 Å². The molecule has 0 radical (unpaired) electrons. The number of nitrogens with one attached hydrogen (secondary N) is 1. The predicted octanol–water partition coefficient (Wildman–Crippen LogP) is 2.51. The van der Waals surface area contributed by atoms with Gasteiger partial charge in [0.2, 0.25) is 0 Å². The van der Waals surface area contributed by atoms with Crippen LogP contribution in [0.4, 0.5) is 8.78 Å². The lowest BCUT2D eigenvalue weighted by Gasteiger charge is -2.17. The molecule has 2 rings (SSSR count). The molecular weight excluding hydrogens is 280 g/mol. The summed E-state index contributed by atoms with van der Waals surface area (Å²) in [5, 5.41) is 12.4. The van der Waals surface area contributed by atoms with Crippen molar-refractivity contribution >= 4 is 0 Å². The Morgan fingerprint density at radius 2 is 2.05 bits per heavy atom.